The van der Waals surface area contributed by atoms with Crippen molar-refractivity contribution in [3.8, 4) is 0 Å². The van der Waals surface area contributed by atoms with Gasteiger partial charge in [-0.1, -0.05) is 0 Å². The van der Waals surface area contributed by atoms with E-state index in [2.05, 4.69) is 5.32 Å². The first-order chi connectivity index (χ1) is 6.11. The summed E-state index contributed by atoms with van der Waals surface area (Å²) in [7, 11) is 0. The molecule has 0 saturated heterocycles. The number of furan rings is 1. The molecule has 0 saturated carbocycles. The summed E-state index contributed by atoms with van der Waals surface area (Å²) in [6.45, 7) is 4.21. The summed E-state index contributed by atoms with van der Waals surface area (Å²) in [6.07, 6.45) is 1.63. The zero-order valence-electron chi connectivity index (χ0n) is 7.83. The van der Waals surface area contributed by atoms with Crippen molar-refractivity contribution in [2.45, 2.75) is 26.4 Å². The number of carbonyl (C=O) groups excluding carboxylic acids is 1. The molecule has 4 nitrogen and oxygen atoms in total. The summed E-state index contributed by atoms with van der Waals surface area (Å²) in [5.41, 5.74) is 6.15. The van der Waals surface area contributed by atoms with Gasteiger partial charge in [-0.3, -0.25) is 10.1 Å². The molecule has 13 heavy (non-hydrogen) atoms. The van der Waals surface area contributed by atoms with Gasteiger partial charge in [-0.2, -0.15) is 0 Å². The largest absolute Gasteiger partial charge is 0.468 e. The van der Waals surface area contributed by atoms with E-state index < -0.39 is 0 Å². The number of hydrogen-bond donors (Lipinski definition) is 2. The molecular weight excluding hydrogens is 168 g/mol. The van der Waals surface area contributed by atoms with Crippen LogP contribution in [-0.2, 0) is 11.3 Å². The second-order valence-corrected chi connectivity index (χ2v) is 3.03. The van der Waals surface area contributed by atoms with Crippen LogP contribution in [0.5, 0.6) is 0 Å². The standard InChI is InChI=1S/C9H14N2O2/c1-6-3-4-13-8(6)5-11-7(2)9(10)12/h3-4,7,11H,5H2,1-2H3,(H2,10,12). The highest BCUT2D eigenvalue weighted by Crippen LogP contribution is 2.07. The Morgan fingerprint density at radius 2 is 2.46 bits per heavy atom. The van der Waals surface area contributed by atoms with E-state index in [1.807, 2.05) is 13.0 Å². The molecule has 1 amide bonds. The second-order valence-electron chi connectivity index (χ2n) is 3.03. The number of nitrogens with two attached hydrogens (primary N) is 1. The third-order valence-corrected chi connectivity index (χ3v) is 1.96. The SMILES string of the molecule is Cc1ccoc1CNC(C)C(N)=O. The van der Waals surface area contributed by atoms with E-state index in [4.69, 9.17) is 10.2 Å². The molecule has 1 rings (SSSR count). The summed E-state index contributed by atoms with van der Waals surface area (Å²) in [5, 5.41) is 2.96. The highest BCUT2D eigenvalue weighted by Gasteiger charge is 2.09. The Bertz CT molecular complexity index is 294. The van der Waals surface area contributed by atoms with Gasteiger partial charge in [0.15, 0.2) is 0 Å². The van der Waals surface area contributed by atoms with Crippen molar-refractivity contribution in [1.82, 2.24) is 5.32 Å². The van der Waals surface area contributed by atoms with E-state index >= 15 is 0 Å². The van der Waals surface area contributed by atoms with Crippen molar-refractivity contribution in [3.05, 3.63) is 23.7 Å². The minimum Gasteiger partial charge on any atom is -0.468 e. The number of nitrogens with one attached hydrogen (secondary N) is 1. The van der Waals surface area contributed by atoms with E-state index in [1.54, 1.807) is 13.2 Å². The van der Waals surface area contributed by atoms with Crippen molar-refractivity contribution in [2.24, 2.45) is 5.73 Å². The number of hydrogen-bond acceptors (Lipinski definition) is 3. The van der Waals surface area contributed by atoms with Crippen LogP contribution in [0.25, 0.3) is 0 Å². The zero-order valence-corrected chi connectivity index (χ0v) is 7.83. The molecule has 0 aliphatic carbocycles. The topological polar surface area (TPSA) is 68.3 Å². The molecule has 1 aromatic rings. The van der Waals surface area contributed by atoms with E-state index in [9.17, 15) is 4.79 Å². The quantitative estimate of drug-likeness (QED) is 0.714. The van der Waals surface area contributed by atoms with Crippen molar-refractivity contribution in [2.75, 3.05) is 0 Å². The van der Waals surface area contributed by atoms with Crippen LogP contribution in [0.3, 0.4) is 0 Å². The average molecular weight is 182 g/mol. The van der Waals surface area contributed by atoms with Crippen LogP contribution in [0.2, 0.25) is 0 Å². The lowest BCUT2D eigenvalue weighted by atomic mass is 10.2. The summed E-state index contributed by atoms with van der Waals surface area (Å²) < 4.78 is 5.18. The van der Waals surface area contributed by atoms with Gasteiger partial charge in [-0.15, -0.1) is 0 Å². The molecule has 1 aromatic heterocycles. The van der Waals surface area contributed by atoms with Gasteiger partial charge in [-0.25, -0.2) is 0 Å². The van der Waals surface area contributed by atoms with Crippen LogP contribution in [0.1, 0.15) is 18.2 Å². The van der Waals surface area contributed by atoms with Crippen LogP contribution >= 0.6 is 0 Å². The van der Waals surface area contributed by atoms with Crippen LogP contribution < -0.4 is 11.1 Å². The van der Waals surface area contributed by atoms with Crippen molar-refractivity contribution < 1.29 is 9.21 Å². The van der Waals surface area contributed by atoms with Gasteiger partial charge in [0.2, 0.25) is 5.91 Å². The van der Waals surface area contributed by atoms with Crippen molar-refractivity contribution in [3.63, 3.8) is 0 Å². The Morgan fingerprint density at radius 1 is 1.77 bits per heavy atom. The monoisotopic (exact) mass is 182 g/mol. The summed E-state index contributed by atoms with van der Waals surface area (Å²) in [4.78, 5) is 10.7. The fourth-order valence-corrected chi connectivity index (χ4v) is 0.932. The lowest BCUT2D eigenvalue weighted by Gasteiger charge is -2.08. The van der Waals surface area contributed by atoms with Crippen LogP contribution in [-0.4, -0.2) is 11.9 Å². The third kappa shape index (κ3) is 2.59. The van der Waals surface area contributed by atoms with E-state index in [0.29, 0.717) is 6.54 Å². The number of primary amides is 1. The average Bonchev–Trinajstić information content (AvgIpc) is 2.47. The number of rotatable bonds is 4. The third-order valence-electron chi connectivity index (χ3n) is 1.96. The van der Waals surface area contributed by atoms with Gasteiger partial charge >= 0.3 is 0 Å². The minimum atomic E-state index is -0.357. The predicted octanol–water partition coefficient (Wildman–Crippen LogP) is 0.551. The van der Waals surface area contributed by atoms with Gasteiger partial charge in [0.05, 0.1) is 18.8 Å². The van der Waals surface area contributed by atoms with Crippen LogP contribution in [0, 0.1) is 6.92 Å². The molecule has 0 aliphatic rings. The number of aryl methyl sites for hydroxylation is 1. The first kappa shape index (κ1) is 9.80. The summed E-state index contributed by atoms with van der Waals surface area (Å²) >= 11 is 0. The Kier molecular flexibility index (Phi) is 3.08. The fraction of sp³-hybridized carbons (Fsp3) is 0.444. The smallest absolute Gasteiger partial charge is 0.234 e. The zero-order chi connectivity index (χ0) is 9.84. The molecule has 0 aliphatic heterocycles. The number of amides is 1. The van der Waals surface area contributed by atoms with E-state index in [-0.39, 0.29) is 11.9 Å². The molecule has 72 valence electrons. The van der Waals surface area contributed by atoms with E-state index in [0.717, 1.165) is 11.3 Å². The summed E-state index contributed by atoms with van der Waals surface area (Å²) in [6, 6.07) is 1.55. The lowest BCUT2D eigenvalue weighted by Crippen LogP contribution is -2.38. The Labute approximate surface area is 77.1 Å². The molecule has 0 bridgehead atoms. The van der Waals surface area contributed by atoms with Gasteiger partial charge in [0.1, 0.15) is 5.76 Å². The first-order valence-electron chi connectivity index (χ1n) is 4.17. The van der Waals surface area contributed by atoms with Crippen molar-refractivity contribution >= 4 is 5.91 Å². The molecule has 1 atom stereocenters. The maximum absolute atomic E-state index is 10.7. The molecule has 4 heteroatoms. The molecule has 1 unspecified atom stereocenters. The first-order valence-corrected chi connectivity index (χ1v) is 4.17. The van der Waals surface area contributed by atoms with Crippen molar-refractivity contribution in [1.29, 1.82) is 0 Å². The maximum atomic E-state index is 10.7. The Hall–Kier alpha value is -1.29. The lowest BCUT2D eigenvalue weighted by molar-refractivity contribution is -0.119. The molecule has 0 aromatic carbocycles. The molecule has 0 radical (unpaired) electrons. The second kappa shape index (κ2) is 4.09. The fourth-order valence-electron chi connectivity index (χ4n) is 0.932. The Balaban J connectivity index is 2.44. The molecule has 3 N–H and O–H groups in total. The predicted molar refractivity (Wildman–Crippen MR) is 48.9 cm³/mol. The van der Waals surface area contributed by atoms with Crippen LogP contribution in [0.4, 0.5) is 0 Å². The number of carbonyl (C=O) groups is 1. The highest BCUT2D eigenvalue weighted by molar-refractivity contribution is 5.79. The molecular formula is C9H14N2O2. The summed E-state index contributed by atoms with van der Waals surface area (Å²) in [5.74, 6) is 0.484. The minimum absolute atomic E-state index is 0.329. The normalized spacial score (nSPS) is 12.8. The molecule has 1 heterocycles. The van der Waals surface area contributed by atoms with Gasteiger partial charge < -0.3 is 10.2 Å². The Morgan fingerprint density at radius 3 is 2.92 bits per heavy atom. The van der Waals surface area contributed by atoms with Gasteiger partial charge in [0, 0.05) is 0 Å². The maximum Gasteiger partial charge on any atom is 0.234 e. The van der Waals surface area contributed by atoms with E-state index in [1.165, 1.54) is 0 Å². The van der Waals surface area contributed by atoms with Gasteiger partial charge in [-0.05, 0) is 25.5 Å². The van der Waals surface area contributed by atoms with Gasteiger partial charge in [0.25, 0.3) is 0 Å². The molecule has 0 fully saturated rings. The molecule has 0 spiro atoms. The highest BCUT2D eigenvalue weighted by atomic mass is 16.3. The van der Waals surface area contributed by atoms with Crippen LogP contribution in [0.15, 0.2) is 16.7 Å².